The number of hydrogen-bond donors (Lipinski definition) is 3. The quantitative estimate of drug-likeness (QED) is 0.668. The van der Waals surface area contributed by atoms with Gasteiger partial charge in [0.2, 0.25) is 0 Å². The fourth-order valence-corrected chi connectivity index (χ4v) is 1.92. The van der Waals surface area contributed by atoms with Gasteiger partial charge in [0.15, 0.2) is 5.03 Å². The van der Waals surface area contributed by atoms with Crippen molar-refractivity contribution >= 4 is 10.0 Å². The molecule has 1 aromatic heterocycles. The summed E-state index contributed by atoms with van der Waals surface area (Å²) >= 11 is 0. The highest BCUT2D eigenvalue weighted by atomic mass is 32.2. The molecule has 0 aromatic carbocycles. The number of aromatic nitrogens is 2. The van der Waals surface area contributed by atoms with Gasteiger partial charge in [-0.3, -0.25) is 0 Å². The number of nitrogens with one attached hydrogen (secondary N) is 2. The summed E-state index contributed by atoms with van der Waals surface area (Å²) in [6.45, 7) is 0.797. The highest BCUT2D eigenvalue weighted by Crippen LogP contribution is 2.06. The number of aryl methyl sites for hydroxylation is 1. The van der Waals surface area contributed by atoms with E-state index in [0.717, 1.165) is 6.20 Å². The van der Waals surface area contributed by atoms with Crippen LogP contribution in [0.3, 0.4) is 0 Å². The fourth-order valence-electron chi connectivity index (χ4n) is 0.897. The Morgan fingerprint density at radius 1 is 1.62 bits per heavy atom. The maximum atomic E-state index is 11.9. The molecule has 0 amide bonds. The van der Waals surface area contributed by atoms with Crippen LogP contribution in [-0.2, 0) is 10.0 Å². The molecule has 0 saturated carbocycles. The van der Waals surface area contributed by atoms with E-state index in [4.69, 9.17) is 5.11 Å². The SMILES string of the molecule is Cc1ncc(S(=O)(=O)NCC(O)C(F)F)[nH]1. The number of alkyl halides is 2. The lowest BCUT2D eigenvalue weighted by molar-refractivity contribution is -0.000458. The normalized spacial score (nSPS) is 14.3. The van der Waals surface area contributed by atoms with Gasteiger partial charge in [-0.05, 0) is 6.92 Å². The molecule has 0 aliphatic heterocycles. The minimum absolute atomic E-state index is 0.230. The number of H-pyrrole nitrogens is 1. The molecule has 0 fully saturated rings. The first-order chi connectivity index (χ1) is 7.33. The molecule has 0 saturated heterocycles. The maximum Gasteiger partial charge on any atom is 0.265 e. The lowest BCUT2D eigenvalue weighted by atomic mass is 10.4. The number of imidazole rings is 1. The minimum Gasteiger partial charge on any atom is -0.386 e. The van der Waals surface area contributed by atoms with E-state index in [2.05, 4.69) is 9.97 Å². The number of halogens is 2. The van der Waals surface area contributed by atoms with Crippen molar-refractivity contribution in [2.75, 3.05) is 6.54 Å². The molecule has 1 rings (SSSR count). The van der Waals surface area contributed by atoms with Crippen LogP contribution in [0.1, 0.15) is 5.82 Å². The molecule has 0 radical (unpaired) electrons. The number of rotatable bonds is 5. The number of aromatic amines is 1. The van der Waals surface area contributed by atoms with E-state index >= 15 is 0 Å². The summed E-state index contributed by atoms with van der Waals surface area (Å²) in [5, 5.41) is 8.51. The Morgan fingerprint density at radius 3 is 2.69 bits per heavy atom. The molecule has 16 heavy (non-hydrogen) atoms. The molecule has 6 nitrogen and oxygen atoms in total. The largest absolute Gasteiger partial charge is 0.386 e. The fraction of sp³-hybridized carbons (Fsp3) is 0.571. The topological polar surface area (TPSA) is 95.1 Å². The molecule has 0 spiro atoms. The zero-order chi connectivity index (χ0) is 12.3. The smallest absolute Gasteiger partial charge is 0.265 e. The standard InChI is InChI=1S/C7H11F2N3O3S/c1-4-10-3-6(12-4)16(14,15)11-2-5(13)7(8)9/h3,5,7,11,13H,2H2,1H3,(H,10,12). The Labute approximate surface area is 90.8 Å². The van der Waals surface area contributed by atoms with Crippen LogP contribution in [0.5, 0.6) is 0 Å². The Kier molecular flexibility index (Phi) is 3.94. The van der Waals surface area contributed by atoms with Gasteiger partial charge in [0, 0.05) is 6.54 Å². The summed E-state index contributed by atoms with van der Waals surface area (Å²) in [6, 6.07) is 0. The number of aliphatic hydroxyl groups excluding tert-OH is 1. The van der Waals surface area contributed by atoms with Crippen LogP contribution >= 0.6 is 0 Å². The van der Waals surface area contributed by atoms with Crippen LogP contribution in [0.15, 0.2) is 11.2 Å². The Hall–Kier alpha value is -1.06. The highest BCUT2D eigenvalue weighted by molar-refractivity contribution is 7.89. The molecule has 1 atom stereocenters. The van der Waals surface area contributed by atoms with Crippen molar-refractivity contribution in [3.05, 3.63) is 12.0 Å². The third-order valence-electron chi connectivity index (χ3n) is 1.74. The molecule has 3 N–H and O–H groups in total. The second-order valence-electron chi connectivity index (χ2n) is 3.09. The highest BCUT2D eigenvalue weighted by Gasteiger charge is 2.22. The van der Waals surface area contributed by atoms with Crippen LogP contribution in [0.25, 0.3) is 0 Å². The molecule has 1 unspecified atom stereocenters. The van der Waals surface area contributed by atoms with E-state index in [0.29, 0.717) is 5.82 Å². The lowest BCUT2D eigenvalue weighted by Crippen LogP contribution is -2.35. The zero-order valence-electron chi connectivity index (χ0n) is 8.31. The van der Waals surface area contributed by atoms with E-state index in [-0.39, 0.29) is 5.03 Å². The Morgan fingerprint density at radius 2 is 2.25 bits per heavy atom. The number of hydrogen-bond acceptors (Lipinski definition) is 4. The van der Waals surface area contributed by atoms with Crippen LogP contribution in [0, 0.1) is 6.92 Å². The van der Waals surface area contributed by atoms with E-state index in [1.54, 1.807) is 6.92 Å². The van der Waals surface area contributed by atoms with Crippen molar-refractivity contribution in [3.8, 4) is 0 Å². The predicted molar refractivity (Wildman–Crippen MR) is 50.5 cm³/mol. The van der Waals surface area contributed by atoms with Gasteiger partial charge in [0.05, 0.1) is 6.20 Å². The third kappa shape index (κ3) is 3.22. The molecule has 92 valence electrons. The van der Waals surface area contributed by atoms with Crippen LogP contribution in [0.2, 0.25) is 0 Å². The van der Waals surface area contributed by atoms with Gasteiger partial charge >= 0.3 is 0 Å². The van der Waals surface area contributed by atoms with Crippen LogP contribution < -0.4 is 4.72 Å². The first-order valence-corrected chi connectivity index (χ1v) is 5.78. The summed E-state index contributed by atoms with van der Waals surface area (Å²) in [5.74, 6) is 0.384. The zero-order valence-corrected chi connectivity index (χ0v) is 9.13. The van der Waals surface area contributed by atoms with Crippen molar-refractivity contribution in [2.45, 2.75) is 24.5 Å². The van der Waals surface area contributed by atoms with Gasteiger partial charge in [0.1, 0.15) is 11.9 Å². The van der Waals surface area contributed by atoms with Gasteiger partial charge in [-0.25, -0.2) is 26.9 Å². The average molecular weight is 255 g/mol. The molecule has 0 aliphatic carbocycles. The summed E-state index contributed by atoms with van der Waals surface area (Å²) in [6.07, 6.45) is -3.96. The molecule has 0 aliphatic rings. The van der Waals surface area contributed by atoms with E-state index in [1.165, 1.54) is 0 Å². The summed E-state index contributed by atoms with van der Waals surface area (Å²) in [4.78, 5) is 6.10. The molecular formula is C7H11F2N3O3S. The van der Waals surface area contributed by atoms with Crippen molar-refractivity contribution in [1.82, 2.24) is 14.7 Å². The van der Waals surface area contributed by atoms with Gasteiger partial charge in [-0.2, -0.15) is 0 Å². The number of aliphatic hydroxyl groups is 1. The molecular weight excluding hydrogens is 244 g/mol. The van der Waals surface area contributed by atoms with Crippen LogP contribution in [0.4, 0.5) is 8.78 Å². The second-order valence-corrected chi connectivity index (χ2v) is 4.82. The minimum atomic E-state index is -3.93. The molecule has 1 heterocycles. The Bertz CT molecular complexity index is 445. The van der Waals surface area contributed by atoms with Crippen LogP contribution in [-0.4, -0.2) is 42.6 Å². The van der Waals surface area contributed by atoms with Crippen molar-refractivity contribution in [3.63, 3.8) is 0 Å². The maximum absolute atomic E-state index is 11.9. The first kappa shape index (κ1) is 13.0. The number of nitrogens with zero attached hydrogens (tertiary/aromatic N) is 1. The number of sulfonamides is 1. The first-order valence-electron chi connectivity index (χ1n) is 4.30. The molecule has 9 heteroatoms. The second kappa shape index (κ2) is 4.85. The lowest BCUT2D eigenvalue weighted by Gasteiger charge is -2.09. The molecule has 0 bridgehead atoms. The predicted octanol–water partition coefficient (Wildman–Crippen LogP) is -0.378. The monoisotopic (exact) mass is 255 g/mol. The van der Waals surface area contributed by atoms with Gasteiger partial charge in [-0.15, -0.1) is 0 Å². The summed E-state index contributed by atoms with van der Waals surface area (Å²) in [5.41, 5.74) is 0. The summed E-state index contributed by atoms with van der Waals surface area (Å²) in [7, 11) is -3.93. The van der Waals surface area contributed by atoms with Gasteiger partial charge in [-0.1, -0.05) is 0 Å². The van der Waals surface area contributed by atoms with Gasteiger partial charge in [0.25, 0.3) is 16.4 Å². The van der Waals surface area contributed by atoms with Crippen molar-refractivity contribution in [1.29, 1.82) is 0 Å². The Balaban J connectivity index is 2.67. The van der Waals surface area contributed by atoms with E-state index in [9.17, 15) is 17.2 Å². The van der Waals surface area contributed by atoms with E-state index in [1.807, 2.05) is 4.72 Å². The average Bonchev–Trinajstić information content (AvgIpc) is 2.61. The van der Waals surface area contributed by atoms with E-state index < -0.39 is 29.1 Å². The molecule has 1 aromatic rings. The van der Waals surface area contributed by atoms with Gasteiger partial charge < -0.3 is 10.1 Å². The third-order valence-corrected chi connectivity index (χ3v) is 3.08. The van der Waals surface area contributed by atoms with Crippen molar-refractivity contribution in [2.24, 2.45) is 0 Å². The summed E-state index contributed by atoms with van der Waals surface area (Å²) < 4.78 is 48.5. The van der Waals surface area contributed by atoms with Crippen molar-refractivity contribution < 1.29 is 22.3 Å².